The summed E-state index contributed by atoms with van der Waals surface area (Å²) in [5.41, 5.74) is 4.48. The van der Waals surface area contributed by atoms with E-state index in [2.05, 4.69) is 33.1 Å². The summed E-state index contributed by atoms with van der Waals surface area (Å²) in [7, 11) is 0. The van der Waals surface area contributed by atoms with Crippen molar-refractivity contribution in [2.75, 3.05) is 31.2 Å². The topological polar surface area (TPSA) is 64.9 Å². The van der Waals surface area contributed by atoms with Crippen LogP contribution in [0.5, 0.6) is 0 Å². The molecule has 1 aliphatic heterocycles. The number of nitriles is 1. The van der Waals surface area contributed by atoms with E-state index in [1.54, 1.807) is 0 Å². The van der Waals surface area contributed by atoms with Crippen LogP contribution in [0.4, 0.5) is 5.69 Å². The molecule has 5 nitrogen and oxygen atoms in total. The molecule has 2 heterocycles. The second kappa shape index (κ2) is 6.80. The van der Waals surface area contributed by atoms with E-state index in [9.17, 15) is 5.26 Å². The van der Waals surface area contributed by atoms with Crippen molar-refractivity contribution < 1.29 is 4.74 Å². The van der Waals surface area contributed by atoms with E-state index in [1.165, 1.54) is 5.69 Å². The van der Waals surface area contributed by atoms with Gasteiger partial charge in [0.1, 0.15) is 11.9 Å². The standard InChI is InChI=1S/C20H18N4O/c21-14-16(20-22-18-3-1-2-4-19(18)23-20)13-15-5-7-17(8-6-15)24-9-11-25-12-10-24/h1-8,13H,9-12H2,(H,22,23). The highest BCUT2D eigenvalue weighted by Crippen LogP contribution is 2.21. The molecule has 1 saturated heterocycles. The van der Waals surface area contributed by atoms with Gasteiger partial charge in [-0.1, -0.05) is 24.3 Å². The lowest BCUT2D eigenvalue weighted by Crippen LogP contribution is -2.36. The van der Waals surface area contributed by atoms with Gasteiger partial charge < -0.3 is 14.6 Å². The number of aromatic nitrogens is 2. The molecular formula is C20H18N4O. The van der Waals surface area contributed by atoms with E-state index in [0.717, 1.165) is 42.9 Å². The highest BCUT2D eigenvalue weighted by molar-refractivity contribution is 5.90. The second-order valence-corrected chi connectivity index (χ2v) is 5.96. The average Bonchev–Trinajstić information content (AvgIpc) is 3.11. The summed E-state index contributed by atoms with van der Waals surface area (Å²) in [5, 5.41) is 9.52. The van der Waals surface area contributed by atoms with Gasteiger partial charge in [-0.25, -0.2) is 4.98 Å². The first-order chi connectivity index (χ1) is 12.3. The molecule has 1 aromatic heterocycles. The lowest BCUT2D eigenvalue weighted by molar-refractivity contribution is 0.122. The number of H-pyrrole nitrogens is 1. The molecule has 0 saturated carbocycles. The molecule has 5 heteroatoms. The van der Waals surface area contributed by atoms with Crippen molar-refractivity contribution in [1.82, 2.24) is 9.97 Å². The van der Waals surface area contributed by atoms with Crippen LogP contribution in [-0.4, -0.2) is 36.3 Å². The Balaban J connectivity index is 1.60. The van der Waals surface area contributed by atoms with Crippen LogP contribution in [0.3, 0.4) is 0 Å². The number of fused-ring (bicyclic) bond motifs is 1. The van der Waals surface area contributed by atoms with E-state index in [1.807, 2.05) is 42.5 Å². The number of anilines is 1. The molecule has 0 bridgehead atoms. The number of morpholine rings is 1. The number of rotatable bonds is 3. The minimum Gasteiger partial charge on any atom is -0.378 e. The molecule has 3 aromatic rings. The summed E-state index contributed by atoms with van der Waals surface area (Å²) >= 11 is 0. The molecule has 4 rings (SSSR count). The smallest absolute Gasteiger partial charge is 0.149 e. The first kappa shape index (κ1) is 15.4. The minimum absolute atomic E-state index is 0.523. The fourth-order valence-electron chi connectivity index (χ4n) is 3.00. The Bertz CT molecular complexity index is 911. The summed E-state index contributed by atoms with van der Waals surface area (Å²) in [6.45, 7) is 3.37. The van der Waals surface area contributed by atoms with E-state index in [-0.39, 0.29) is 0 Å². The van der Waals surface area contributed by atoms with E-state index < -0.39 is 0 Å². The highest BCUT2D eigenvalue weighted by atomic mass is 16.5. The molecule has 0 radical (unpaired) electrons. The Labute approximate surface area is 146 Å². The minimum atomic E-state index is 0.523. The van der Waals surface area contributed by atoms with Gasteiger partial charge >= 0.3 is 0 Å². The summed E-state index contributed by atoms with van der Waals surface area (Å²) < 4.78 is 5.39. The first-order valence-electron chi connectivity index (χ1n) is 8.33. The monoisotopic (exact) mass is 330 g/mol. The number of benzene rings is 2. The molecule has 1 N–H and O–H groups in total. The van der Waals surface area contributed by atoms with Gasteiger partial charge in [-0.3, -0.25) is 0 Å². The van der Waals surface area contributed by atoms with Crippen LogP contribution < -0.4 is 4.90 Å². The van der Waals surface area contributed by atoms with Gasteiger partial charge in [0.2, 0.25) is 0 Å². The Morgan fingerprint density at radius 1 is 1.12 bits per heavy atom. The number of nitrogens with zero attached hydrogens (tertiary/aromatic N) is 3. The van der Waals surface area contributed by atoms with Gasteiger partial charge in [-0.2, -0.15) is 5.26 Å². The van der Waals surface area contributed by atoms with Crippen LogP contribution in [0.1, 0.15) is 11.4 Å². The van der Waals surface area contributed by atoms with Crippen LogP contribution >= 0.6 is 0 Å². The van der Waals surface area contributed by atoms with E-state index in [4.69, 9.17) is 4.74 Å². The zero-order valence-corrected chi connectivity index (χ0v) is 13.8. The van der Waals surface area contributed by atoms with Gasteiger partial charge in [0.25, 0.3) is 0 Å². The number of hydrogen-bond acceptors (Lipinski definition) is 4. The molecule has 124 valence electrons. The van der Waals surface area contributed by atoms with Crippen LogP contribution in [0.15, 0.2) is 48.5 Å². The third kappa shape index (κ3) is 3.25. The fraction of sp³-hybridized carbons (Fsp3) is 0.200. The van der Waals surface area contributed by atoms with Crippen molar-refractivity contribution in [3.63, 3.8) is 0 Å². The summed E-state index contributed by atoms with van der Waals surface area (Å²) in [6.07, 6.45) is 1.86. The van der Waals surface area contributed by atoms with Crippen molar-refractivity contribution in [3.05, 3.63) is 59.9 Å². The van der Waals surface area contributed by atoms with E-state index >= 15 is 0 Å². The average molecular weight is 330 g/mol. The molecule has 0 unspecified atom stereocenters. The molecule has 1 aliphatic rings. The van der Waals surface area contributed by atoms with Gasteiger partial charge in [0.15, 0.2) is 0 Å². The van der Waals surface area contributed by atoms with Crippen molar-refractivity contribution in [2.24, 2.45) is 0 Å². The number of hydrogen-bond donors (Lipinski definition) is 1. The van der Waals surface area contributed by atoms with Crippen molar-refractivity contribution in [1.29, 1.82) is 5.26 Å². The molecule has 0 spiro atoms. The summed E-state index contributed by atoms with van der Waals surface area (Å²) in [6, 6.07) is 18.3. The molecule has 0 atom stereocenters. The zero-order valence-electron chi connectivity index (χ0n) is 13.8. The molecule has 0 amide bonds. The Morgan fingerprint density at radius 2 is 1.88 bits per heavy atom. The van der Waals surface area contributed by atoms with E-state index in [0.29, 0.717) is 11.4 Å². The largest absolute Gasteiger partial charge is 0.378 e. The molecule has 1 fully saturated rings. The Kier molecular flexibility index (Phi) is 4.19. The third-order valence-corrected chi connectivity index (χ3v) is 4.35. The fourth-order valence-corrected chi connectivity index (χ4v) is 3.00. The number of ether oxygens (including phenoxy) is 1. The van der Waals surface area contributed by atoms with Crippen molar-refractivity contribution >= 4 is 28.4 Å². The van der Waals surface area contributed by atoms with Crippen LogP contribution in [0.25, 0.3) is 22.7 Å². The van der Waals surface area contributed by atoms with Gasteiger partial charge in [0, 0.05) is 18.8 Å². The Morgan fingerprint density at radius 3 is 2.60 bits per heavy atom. The SMILES string of the molecule is N#CC(=Cc1ccc(N2CCOCC2)cc1)c1nc2ccccc2[nH]1. The maximum Gasteiger partial charge on any atom is 0.149 e. The molecule has 2 aromatic carbocycles. The van der Waals surface area contributed by atoms with Crippen LogP contribution in [0, 0.1) is 11.3 Å². The predicted molar refractivity (Wildman–Crippen MR) is 99.1 cm³/mol. The second-order valence-electron chi connectivity index (χ2n) is 5.96. The molecular weight excluding hydrogens is 312 g/mol. The predicted octanol–water partition coefficient (Wildman–Crippen LogP) is 3.46. The summed E-state index contributed by atoms with van der Waals surface area (Å²) in [5.74, 6) is 0.598. The maximum atomic E-state index is 9.52. The number of allylic oxidation sites excluding steroid dienone is 1. The number of aromatic amines is 1. The van der Waals surface area contributed by atoms with Gasteiger partial charge in [0.05, 0.1) is 29.8 Å². The van der Waals surface area contributed by atoms with Crippen LogP contribution in [0.2, 0.25) is 0 Å². The number of imidazole rings is 1. The highest BCUT2D eigenvalue weighted by Gasteiger charge is 2.11. The normalized spacial score (nSPS) is 15.3. The lowest BCUT2D eigenvalue weighted by atomic mass is 10.1. The summed E-state index contributed by atoms with van der Waals surface area (Å²) in [4.78, 5) is 10.0. The first-order valence-corrected chi connectivity index (χ1v) is 8.33. The van der Waals surface area contributed by atoms with Crippen molar-refractivity contribution in [3.8, 4) is 6.07 Å². The van der Waals surface area contributed by atoms with Crippen molar-refractivity contribution in [2.45, 2.75) is 0 Å². The van der Waals surface area contributed by atoms with Crippen LogP contribution in [-0.2, 0) is 4.74 Å². The number of para-hydroxylation sites is 2. The maximum absolute atomic E-state index is 9.52. The Hall–Kier alpha value is -3.10. The lowest BCUT2D eigenvalue weighted by Gasteiger charge is -2.28. The zero-order chi connectivity index (χ0) is 17.1. The molecule has 0 aliphatic carbocycles. The molecule has 25 heavy (non-hydrogen) atoms. The number of nitrogens with one attached hydrogen (secondary N) is 1. The van der Waals surface area contributed by atoms with Gasteiger partial charge in [-0.05, 0) is 35.9 Å². The van der Waals surface area contributed by atoms with Gasteiger partial charge in [-0.15, -0.1) is 0 Å². The third-order valence-electron chi connectivity index (χ3n) is 4.35. The quantitative estimate of drug-likeness (QED) is 0.747.